The van der Waals surface area contributed by atoms with E-state index < -0.39 is 6.10 Å². The van der Waals surface area contributed by atoms with E-state index in [0.717, 1.165) is 17.8 Å². The van der Waals surface area contributed by atoms with Gasteiger partial charge in [-0.15, -0.1) is 0 Å². The molecule has 1 saturated heterocycles. The Hall–Kier alpha value is -1.55. The number of aliphatic hydroxyl groups is 1. The van der Waals surface area contributed by atoms with E-state index in [-0.39, 0.29) is 5.91 Å². The summed E-state index contributed by atoms with van der Waals surface area (Å²) in [5.41, 5.74) is 2.77. The van der Waals surface area contributed by atoms with Crippen LogP contribution < -0.4 is 9.80 Å². The second-order valence-corrected chi connectivity index (χ2v) is 6.17. The zero-order valence-corrected chi connectivity index (χ0v) is 12.9. The minimum absolute atomic E-state index is 0.231. The molecule has 0 aliphatic carbocycles. The summed E-state index contributed by atoms with van der Waals surface area (Å²) in [5.74, 6) is -0.231. The van der Waals surface area contributed by atoms with Gasteiger partial charge >= 0.3 is 0 Å². The molecule has 1 aromatic rings. The maximum atomic E-state index is 11.9. The Bertz CT molecular complexity index is 542. The van der Waals surface area contributed by atoms with E-state index in [1.54, 1.807) is 11.9 Å². The van der Waals surface area contributed by atoms with Crippen molar-refractivity contribution < 1.29 is 9.90 Å². The van der Waals surface area contributed by atoms with E-state index in [2.05, 4.69) is 24.0 Å². The number of rotatable bonds is 3. The van der Waals surface area contributed by atoms with Crippen molar-refractivity contribution in [2.45, 2.75) is 51.2 Å². The van der Waals surface area contributed by atoms with E-state index in [4.69, 9.17) is 0 Å². The van der Waals surface area contributed by atoms with Crippen LogP contribution in [0, 0.1) is 0 Å². The van der Waals surface area contributed by atoms with Gasteiger partial charge in [0.15, 0.2) is 6.10 Å². The third-order valence-electron chi connectivity index (χ3n) is 4.82. The van der Waals surface area contributed by atoms with Crippen LogP contribution in [0.15, 0.2) is 18.2 Å². The summed E-state index contributed by atoms with van der Waals surface area (Å²) in [6.45, 7) is 3.32. The molecule has 0 aromatic heterocycles. The summed E-state index contributed by atoms with van der Waals surface area (Å²) in [5, 5.41) is 9.95. The van der Waals surface area contributed by atoms with Crippen molar-refractivity contribution in [2.75, 3.05) is 23.4 Å². The van der Waals surface area contributed by atoms with E-state index in [1.165, 1.54) is 37.8 Å². The van der Waals surface area contributed by atoms with Crippen molar-refractivity contribution in [3.63, 3.8) is 0 Å². The Morgan fingerprint density at radius 3 is 2.90 bits per heavy atom. The number of aliphatic hydroxyl groups excluding tert-OH is 1. The van der Waals surface area contributed by atoms with Crippen LogP contribution in [-0.4, -0.2) is 30.6 Å². The molecule has 4 nitrogen and oxygen atoms in total. The minimum Gasteiger partial charge on any atom is -0.378 e. The molecule has 2 atom stereocenters. The van der Waals surface area contributed by atoms with Crippen LogP contribution >= 0.6 is 0 Å². The molecule has 1 aromatic carbocycles. The van der Waals surface area contributed by atoms with E-state index in [9.17, 15) is 9.90 Å². The fourth-order valence-electron chi connectivity index (χ4n) is 3.64. The number of amides is 1. The number of anilines is 2. The molecule has 2 aliphatic heterocycles. The number of benzene rings is 1. The predicted molar refractivity (Wildman–Crippen MR) is 84.7 cm³/mol. The fraction of sp³-hybridized carbons (Fsp3) is 0.588. The van der Waals surface area contributed by atoms with Crippen molar-refractivity contribution in [3.05, 3.63) is 23.8 Å². The van der Waals surface area contributed by atoms with Gasteiger partial charge in [0, 0.05) is 30.9 Å². The largest absolute Gasteiger partial charge is 0.378 e. The van der Waals surface area contributed by atoms with Gasteiger partial charge in [0.1, 0.15) is 0 Å². The third kappa shape index (κ3) is 2.42. The molecule has 0 radical (unpaired) electrons. The van der Waals surface area contributed by atoms with Crippen LogP contribution in [0.2, 0.25) is 0 Å². The summed E-state index contributed by atoms with van der Waals surface area (Å²) >= 11 is 0. The van der Waals surface area contributed by atoms with Gasteiger partial charge in [0.2, 0.25) is 0 Å². The lowest BCUT2D eigenvalue weighted by Crippen LogP contribution is -2.39. The van der Waals surface area contributed by atoms with Crippen LogP contribution in [0.25, 0.3) is 0 Å². The molecule has 2 aliphatic rings. The maximum absolute atomic E-state index is 11.9. The molecule has 21 heavy (non-hydrogen) atoms. The number of hydrogen-bond acceptors (Lipinski definition) is 3. The van der Waals surface area contributed by atoms with Gasteiger partial charge < -0.3 is 14.9 Å². The first-order valence-corrected chi connectivity index (χ1v) is 7.99. The molecule has 0 saturated carbocycles. The number of nitrogens with zero attached hydrogens (tertiary/aromatic N) is 2. The van der Waals surface area contributed by atoms with Gasteiger partial charge in [0.25, 0.3) is 5.91 Å². The predicted octanol–water partition coefficient (Wildman–Crippen LogP) is 2.86. The number of carbonyl (C=O) groups is 1. The summed E-state index contributed by atoms with van der Waals surface area (Å²) in [7, 11) is 1.74. The highest BCUT2D eigenvalue weighted by Crippen LogP contribution is 2.38. The van der Waals surface area contributed by atoms with E-state index in [0.29, 0.717) is 6.04 Å². The first-order valence-electron chi connectivity index (χ1n) is 7.99. The normalized spacial score (nSPS) is 25.4. The Balaban J connectivity index is 1.91. The number of hydrogen-bond donors (Lipinski definition) is 1. The van der Waals surface area contributed by atoms with Gasteiger partial charge in [-0.1, -0.05) is 19.4 Å². The van der Waals surface area contributed by atoms with Crippen molar-refractivity contribution in [1.29, 1.82) is 0 Å². The summed E-state index contributed by atoms with van der Waals surface area (Å²) in [6.07, 6.45) is 5.21. The first-order chi connectivity index (χ1) is 10.1. The van der Waals surface area contributed by atoms with Crippen LogP contribution in [0.5, 0.6) is 0 Å². The Morgan fingerprint density at radius 1 is 1.33 bits per heavy atom. The molecule has 0 spiro atoms. The lowest BCUT2D eigenvalue weighted by Gasteiger charge is -2.38. The van der Waals surface area contributed by atoms with Gasteiger partial charge in [-0.3, -0.25) is 4.79 Å². The average molecular weight is 288 g/mol. The molecule has 4 heteroatoms. The smallest absolute Gasteiger partial charge is 0.260 e. The molecule has 0 bridgehead atoms. The Morgan fingerprint density at radius 2 is 2.14 bits per heavy atom. The quantitative estimate of drug-likeness (QED) is 0.930. The second-order valence-electron chi connectivity index (χ2n) is 6.17. The van der Waals surface area contributed by atoms with Crippen molar-refractivity contribution in [1.82, 2.24) is 0 Å². The van der Waals surface area contributed by atoms with Crippen LogP contribution in [0.4, 0.5) is 11.4 Å². The second kappa shape index (κ2) is 5.68. The summed E-state index contributed by atoms with van der Waals surface area (Å²) < 4.78 is 0. The topological polar surface area (TPSA) is 43.8 Å². The molecule has 114 valence electrons. The SMILES string of the molecule is CCCC1CCCCN1c1ccc2c(c1)N(C)C(=O)C2O. The summed E-state index contributed by atoms with van der Waals surface area (Å²) in [6, 6.07) is 6.64. The molecular formula is C17H24N2O2. The Kier molecular flexibility index (Phi) is 3.89. The highest BCUT2D eigenvalue weighted by molar-refractivity contribution is 6.03. The third-order valence-corrected chi connectivity index (χ3v) is 4.82. The summed E-state index contributed by atoms with van der Waals surface area (Å²) in [4.78, 5) is 15.9. The van der Waals surface area contributed by atoms with E-state index >= 15 is 0 Å². The van der Waals surface area contributed by atoms with Gasteiger partial charge in [-0.2, -0.15) is 0 Å². The number of fused-ring (bicyclic) bond motifs is 1. The maximum Gasteiger partial charge on any atom is 0.260 e. The van der Waals surface area contributed by atoms with Crippen LogP contribution in [-0.2, 0) is 4.79 Å². The minimum atomic E-state index is -0.994. The fourth-order valence-corrected chi connectivity index (χ4v) is 3.64. The molecule has 1 amide bonds. The molecule has 1 fully saturated rings. The lowest BCUT2D eigenvalue weighted by molar-refractivity contribution is -0.125. The van der Waals surface area contributed by atoms with Crippen LogP contribution in [0.1, 0.15) is 50.7 Å². The van der Waals surface area contributed by atoms with Crippen molar-refractivity contribution in [2.24, 2.45) is 0 Å². The van der Waals surface area contributed by atoms with Gasteiger partial charge in [-0.05, 0) is 37.8 Å². The zero-order valence-electron chi connectivity index (χ0n) is 12.9. The average Bonchev–Trinajstić information content (AvgIpc) is 2.73. The lowest BCUT2D eigenvalue weighted by atomic mass is 9.97. The monoisotopic (exact) mass is 288 g/mol. The molecule has 3 rings (SSSR count). The van der Waals surface area contributed by atoms with Gasteiger partial charge in [-0.25, -0.2) is 0 Å². The number of carbonyl (C=O) groups excluding carboxylic acids is 1. The van der Waals surface area contributed by atoms with Crippen LogP contribution in [0.3, 0.4) is 0 Å². The molecular weight excluding hydrogens is 264 g/mol. The van der Waals surface area contributed by atoms with Crippen molar-refractivity contribution >= 4 is 17.3 Å². The standard InChI is InChI=1S/C17H24N2O2/c1-3-6-12-7-4-5-10-19(12)13-8-9-14-15(11-13)18(2)17(21)16(14)20/h8-9,11-12,16,20H,3-7,10H2,1-2H3. The molecule has 2 unspecified atom stereocenters. The Labute approximate surface area is 126 Å². The zero-order chi connectivity index (χ0) is 15.0. The first kappa shape index (κ1) is 14.4. The van der Waals surface area contributed by atoms with Crippen molar-refractivity contribution in [3.8, 4) is 0 Å². The van der Waals surface area contributed by atoms with Gasteiger partial charge in [0.05, 0.1) is 5.69 Å². The molecule has 2 heterocycles. The number of piperidine rings is 1. The number of likely N-dealkylation sites (N-methyl/N-ethyl adjacent to an activating group) is 1. The molecule has 1 N–H and O–H groups in total. The highest BCUT2D eigenvalue weighted by Gasteiger charge is 2.34. The van der Waals surface area contributed by atoms with E-state index in [1.807, 2.05) is 6.07 Å². The highest BCUT2D eigenvalue weighted by atomic mass is 16.3.